The Morgan fingerprint density at radius 2 is 1.89 bits per heavy atom. The maximum atomic E-state index is 9.19. The molecule has 0 amide bonds. The number of ether oxygens (including phenoxy) is 2. The Hall–Kier alpha value is -1.22. The zero-order valence-electron chi connectivity index (χ0n) is 12.6. The third-order valence-electron chi connectivity index (χ3n) is 4.41. The Bertz CT molecular complexity index is 494. The summed E-state index contributed by atoms with van der Waals surface area (Å²) >= 11 is 0. The van der Waals surface area contributed by atoms with Crippen molar-refractivity contribution >= 4 is 0 Å². The van der Waals surface area contributed by atoms with Crippen molar-refractivity contribution in [1.29, 1.82) is 0 Å². The monoisotopic (exact) mass is 264 g/mol. The van der Waals surface area contributed by atoms with E-state index in [0.717, 1.165) is 35.5 Å². The minimum atomic E-state index is -0.250. The molecule has 0 spiro atoms. The van der Waals surface area contributed by atoms with Crippen LogP contribution in [0.1, 0.15) is 42.0 Å². The summed E-state index contributed by atoms with van der Waals surface area (Å²) in [5, 5.41) is 9.19. The van der Waals surface area contributed by atoms with Crippen molar-refractivity contribution in [2.45, 2.75) is 52.6 Å². The van der Waals surface area contributed by atoms with Gasteiger partial charge < -0.3 is 14.6 Å². The number of fused-ring (bicyclic) bond motifs is 1. The molecule has 0 saturated heterocycles. The van der Waals surface area contributed by atoms with Crippen LogP contribution in [0.4, 0.5) is 0 Å². The highest BCUT2D eigenvalue weighted by Crippen LogP contribution is 2.44. The predicted octanol–water partition coefficient (Wildman–Crippen LogP) is 3.09. The predicted molar refractivity (Wildman–Crippen MR) is 76.3 cm³/mol. The summed E-state index contributed by atoms with van der Waals surface area (Å²) in [4.78, 5) is 0. The number of hydrogen-bond acceptors (Lipinski definition) is 3. The molecule has 3 nitrogen and oxygen atoms in total. The summed E-state index contributed by atoms with van der Waals surface area (Å²) < 4.78 is 11.8. The highest BCUT2D eigenvalue weighted by molar-refractivity contribution is 5.58. The summed E-state index contributed by atoms with van der Waals surface area (Å²) in [5.41, 5.74) is 4.50. The van der Waals surface area contributed by atoms with Crippen molar-refractivity contribution in [1.82, 2.24) is 0 Å². The molecule has 0 radical (unpaired) electrons. The van der Waals surface area contributed by atoms with Gasteiger partial charge >= 0.3 is 0 Å². The van der Waals surface area contributed by atoms with E-state index in [-0.39, 0.29) is 12.2 Å². The van der Waals surface area contributed by atoms with Gasteiger partial charge in [-0.05, 0) is 57.2 Å². The second-order valence-electron chi connectivity index (χ2n) is 5.74. The molecule has 1 N–H and O–H groups in total. The minimum absolute atomic E-state index is 0.166. The van der Waals surface area contributed by atoms with Gasteiger partial charge in [0, 0.05) is 18.6 Å². The van der Waals surface area contributed by atoms with Crippen LogP contribution in [-0.2, 0) is 6.42 Å². The Morgan fingerprint density at radius 1 is 1.21 bits per heavy atom. The lowest BCUT2D eigenvalue weighted by atomic mass is 9.86. The normalized spacial score (nSPS) is 21.8. The molecule has 106 valence electrons. The van der Waals surface area contributed by atoms with E-state index in [4.69, 9.17) is 9.47 Å². The van der Waals surface area contributed by atoms with Crippen LogP contribution in [0.2, 0.25) is 0 Å². The van der Waals surface area contributed by atoms with E-state index in [0.29, 0.717) is 6.42 Å². The Morgan fingerprint density at radius 3 is 2.47 bits per heavy atom. The smallest absolute Gasteiger partial charge is 0.127 e. The van der Waals surface area contributed by atoms with Crippen LogP contribution in [0, 0.1) is 20.8 Å². The van der Waals surface area contributed by atoms with Gasteiger partial charge in [0.05, 0.1) is 7.11 Å². The van der Waals surface area contributed by atoms with Gasteiger partial charge in [-0.3, -0.25) is 0 Å². The summed E-state index contributed by atoms with van der Waals surface area (Å²) in [5.74, 6) is 1.98. The van der Waals surface area contributed by atoms with Gasteiger partial charge in [-0.25, -0.2) is 0 Å². The Labute approximate surface area is 115 Å². The number of methoxy groups -OCH3 is 1. The minimum Gasteiger partial charge on any atom is -0.496 e. The van der Waals surface area contributed by atoms with Gasteiger partial charge in [-0.15, -0.1) is 0 Å². The Kier molecular flexibility index (Phi) is 3.77. The average Bonchev–Trinajstić information content (AvgIpc) is 2.37. The fourth-order valence-corrected chi connectivity index (χ4v) is 3.00. The van der Waals surface area contributed by atoms with Gasteiger partial charge in [0.2, 0.25) is 0 Å². The molecule has 0 bridgehead atoms. The van der Waals surface area contributed by atoms with E-state index in [1.54, 1.807) is 7.11 Å². The molecule has 0 aromatic heterocycles. The first-order valence-electron chi connectivity index (χ1n) is 6.90. The first-order chi connectivity index (χ1) is 8.93. The van der Waals surface area contributed by atoms with Crippen molar-refractivity contribution in [2.24, 2.45) is 0 Å². The van der Waals surface area contributed by atoms with Gasteiger partial charge in [0.15, 0.2) is 0 Å². The molecule has 3 heteroatoms. The largest absolute Gasteiger partial charge is 0.496 e. The molecule has 1 unspecified atom stereocenters. The number of aliphatic hydroxyl groups excluding tert-OH is 1. The lowest BCUT2D eigenvalue weighted by molar-refractivity contribution is 0.0378. The molecule has 1 heterocycles. The van der Waals surface area contributed by atoms with Crippen molar-refractivity contribution in [3.63, 3.8) is 0 Å². The molecular weight excluding hydrogens is 240 g/mol. The van der Waals surface area contributed by atoms with Crippen molar-refractivity contribution < 1.29 is 14.6 Å². The Balaban J connectivity index is 2.51. The molecule has 1 aliphatic rings. The van der Waals surface area contributed by atoms with Crippen molar-refractivity contribution in [3.05, 3.63) is 22.3 Å². The van der Waals surface area contributed by atoms with E-state index in [1.165, 1.54) is 11.1 Å². The first-order valence-corrected chi connectivity index (χ1v) is 6.90. The van der Waals surface area contributed by atoms with Gasteiger partial charge in [0.25, 0.3) is 0 Å². The van der Waals surface area contributed by atoms with E-state index in [2.05, 4.69) is 27.7 Å². The van der Waals surface area contributed by atoms with Crippen LogP contribution >= 0.6 is 0 Å². The molecule has 0 aliphatic carbocycles. The number of hydrogen-bond donors (Lipinski definition) is 1. The molecule has 1 atom stereocenters. The average molecular weight is 264 g/mol. The van der Waals surface area contributed by atoms with E-state index >= 15 is 0 Å². The van der Waals surface area contributed by atoms with Crippen LogP contribution in [0.25, 0.3) is 0 Å². The second kappa shape index (κ2) is 5.04. The van der Waals surface area contributed by atoms with E-state index < -0.39 is 0 Å². The third-order valence-corrected chi connectivity index (χ3v) is 4.41. The molecule has 19 heavy (non-hydrogen) atoms. The topological polar surface area (TPSA) is 38.7 Å². The maximum absolute atomic E-state index is 9.19. The lowest BCUT2D eigenvalue weighted by Crippen LogP contribution is -2.38. The van der Waals surface area contributed by atoms with Crippen LogP contribution < -0.4 is 9.47 Å². The molecule has 1 aromatic rings. The molecule has 0 fully saturated rings. The number of aliphatic hydroxyl groups is 1. The lowest BCUT2D eigenvalue weighted by Gasteiger charge is -2.37. The summed E-state index contributed by atoms with van der Waals surface area (Å²) in [6, 6.07) is 0. The SMILES string of the molecule is COc1c(C)c(C)c2c(c1C)CCC(C)(CCO)O2. The van der Waals surface area contributed by atoms with Gasteiger partial charge in [-0.2, -0.15) is 0 Å². The standard InChI is InChI=1S/C16H24O3/c1-10-11(2)15-13(12(3)14(10)18-5)6-7-16(4,19-15)8-9-17/h17H,6-9H2,1-5H3. The summed E-state index contributed by atoms with van der Waals surface area (Å²) in [6.07, 6.45) is 2.60. The second-order valence-corrected chi connectivity index (χ2v) is 5.74. The first kappa shape index (κ1) is 14.2. The number of benzene rings is 1. The number of rotatable bonds is 3. The zero-order valence-corrected chi connectivity index (χ0v) is 12.6. The maximum Gasteiger partial charge on any atom is 0.127 e. The van der Waals surface area contributed by atoms with Crippen LogP contribution in [-0.4, -0.2) is 24.4 Å². The summed E-state index contributed by atoms with van der Waals surface area (Å²) in [7, 11) is 1.72. The van der Waals surface area contributed by atoms with Crippen molar-refractivity contribution in [3.8, 4) is 11.5 Å². The molecule has 1 aromatic carbocycles. The molecule has 0 saturated carbocycles. The summed E-state index contributed by atoms with van der Waals surface area (Å²) in [6.45, 7) is 8.51. The third kappa shape index (κ3) is 2.32. The highest BCUT2D eigenvalue weighted by Gasteiger charge is 2.34. The van der Waals surface area contributed by atoms with Crippen molar-refractivity contribution in [2.75, 3.05) is 13.7 Å². The van der Waals surface area contributed by atoms with E-state index in [1.807, 2.05) is 0 Å². The fourth-order valence-electron chi connectivity index (χ4n) is 3.00. The van der Waals surface area contributed by atoms with Crippen LogP contribution in [0.15, 0.2) is 0 Å². The van der Waals surface area contributed by atoms with Gasteiger partial charge in [-0.1, -0.05) is 0 Å². The van der Waals surface area contributed by atoms with Gasteiger partial charge in [0.1, 0.15) is 17.1 Å². The van der Waals surface area contributed by atoms with Crippen LogP contribution in [0.3, 0.4) is 0 Å². The quantitative estimate of drug-likeness (QED) is 0.911. The molecule has 2 rings (SSSR count). The molecular formula is C16H24O3. The van der Waals surface area contributed by atoms with E-state index in [9.17, 15) is 5.11 Å². The van der Waals surface area contributed by atoms with Crippen LogP contribution in [0.5, 0.6) is 11.5 Å². The fraction of sp³-hybridized carbons (Fsp3) is 0.625. The molecule has 1 aliphatic heterocycles. The highest BCUT2D eigenvalue weighted by atomic mass is 16.5. The zero-order chi connectivity index (χ0) is 14.2.